The lowest BCUT2D eigenvalue weighted by Gasteiger charge is -2.32. The molecule has 2 amide bonds. The molecule has 3 rings (SSSR count). The molecular weight excluding hydrogens is 584 g/mol. The van der Waals surface area contributed by atoms with Crippen LogP contribution in [0, 0.1) is 24.0 Å². The van der Waals surface area contributed by atoms with E-state index in [4.69, 9.17) is 16.3 Å². The van der Waals surface area contributed by atoms with Crippen LogP contribution in [-0.4, -0.2) is 56.3 Å². The molecule has 11 nitrogen and oxygen atoms in total. The molecule has 0 unspecified atom stereocenters. The van der Waals surface area contributed by atoms with E-state index in [2.05, 4.69) is 5.32 Å². The molecule has 13 heteroatoms. The smallest absolute Gasteiger partial charge is 0.273 e. The molecule has 0 aliphatic carbocycles. The minimum atomic E-state index is -4.60. The summed E-state index contributed by atoms with van der Waals surface area (Å²) < 4.78 is 34.4. The summed E-state index contributed by atoms with van der Waals surface area (Å²) in [5.74, 6) is -1.01. The lowest BCUT2D eigenvalue weighted by atomic mass is 10.1. The van der Waals surface area contributed by atoms with Crippen molar-refractivity contribution in [1.82, 2.24) is 10.2 Å². The highest BCUT2D eigenvalue weighted by atomic mass is 35.5. The minimum Gasteiger partial charge on any atom is -0.495 e. The number of ether oxygens (including phenoxy) is 1. The summed E-state index contributed by atoms with van der Waals surface area (Å²) >= 11 is 6.23. The number of methoxy groups -OCH3 is 1. The van der Waals surface area contributed by atoms with Gasteiger partial charge >= 0.3 is 0 Å². The highest BCUT2D eigenvalue weighted by Gasteiger charge is 2.34. The number of carbonyl (C=O) groups is 2. The fraction of sp³-hybridized carbons (Fsp3) is 0.310. The van der Waals surface area contributed by atoms with Crippen molar-refractivity contribution in [3.8, 4) is 5.75 Å². The van der Waals surface area contributed by atoms with Gasteiger partial charge in [0.2, 0.25) is 11.8 Å². The van der Waals surface area contributed by atoms with Crippen LogP contribution in [0.25, 0.3) is 0 Å². The molecule has 1 N–H and O–H groups in total. The molecule has 0 aliphatic rings. The molecule has 0 fully saturated rings. The summed E-state index contributed by atoms with van der Waals surface area (Å²) in [6, 6.07) is 14.2. The summed E-state index contributed by atoms with van der Waals surface area (Å²) in [6.45, 7) is 6.29. The Hall–Kier alpha value is -4.16. The average Bonchev–Trinajstić information content (AvgIpc) is 2.94. The first-order valence-corrected chi connectivity index (χ1v) is 14.9. The second-order valence-electron chi connectivity index (χ2n) is 9.61. The van der Waals surface area contributed by atoms with Gasteiger partial charge in [0.15, 0.2) is 0 Å². The molecule has 0 spiro atoms. The number of nitro groups is 1. The first-order chi connectivity index (χ1) is 19.8. The molecule has 42 heavy (non-hydrogen) atoms. The van der Waals surface area contributed by atoms with Gasteiger partial charge in [-0.2, -0.15) is 0 Å². The van der Waals surface area contributed by atoms with Crippen molar-refractivity contribution in [2.75, 3.05) is 24.5 Å². The lowest BCUT2D eigenvalue weighted by molar-refractivity contribution is -0.385. The van der Waals surface area contributed by atoms with Crippen LogP contribution in [0.2, 0.25) is 5.02 Å². The number of halogens is 1. The third kappa shape index (κ3) is 7.37. The largest absolute Gasteiger partial charge is 0.495 e. The lowest BCUT2D eigenvalue weighted by Crippen LogP contribution is -2.51. The van der Waals surface area contributed by atoms with E-state index in [-0.39, 0.29) is 28.6 Å². The molecule has 3 aromatic carbocycles. The van der Waals surface area contributed by atoms with Crippen LogP contribution in [0.1, 0.15) is 30.5 Å². The van der Waals surface area contributed by atoms with Gasteiger partial charge in [0, 0.05) is 29.7 Å². The summed E-state index contributed by atoms with van der Waals surface area (Å²) in [7, 11) is -3.27. The molecule has 1 atom stereocenters. The van der Waals surface area contributed by atoms with Gasteiger partial charge in [-0.1, -0.05) is 47.5 Å². The van der Waals surface area contributed by atoms with Gasteiger partial charge in [-0.3, -0.25) is 24.0 Å². The van der Waals surface area contributed by atoms with Gasteiger partial charge in [-0.15, -0.1) is 0 Å². The first kappa shape index (κ1) is 32.4. The van der Waals surface area contributed by atoms with Crippen LogP contribution in [0.15, 0.2) is 65.6 Å². The van der Waals surface area contributed by atoms with E-state index in [9.17, 15) is 28.1 Å². The maximum Gasteiger partial charge on any atom is 0.273 e. The number of benzene rings is 3. The topological polar surface area (TPSA) is 139 Å². The Morgan fingerprint density at radius 3 is 2.43 bits per heavy atom. The zero-order valence-electron chi connectivity index (χ0n) is 24.0. The van der Waals surface area contributed by atoms with Crippen molar-refractivity contribution in [2.45, 2.75) is 45.2 Å². The third-order valence-corrected chi connectivity index (χ3v) is 8.60. The van der Waals surface area contributed by atoms with E-state index in [0.29, 0.717) is 6.54 Å². The molecule has 0 aromatic heterocycles. The first-order valence-electron chi connectivity index (χ1n) is 13.0. The van der Waals surface area contributed by atoms with Gasteiger partial charge in [0.25, 0.3) is 15.7 Å². The predicted molar refractivity (Wildman–Crippen MR) is 160 cm³/mol. The number of likely N-dealkylation sites (N-methyl/N-ethyl adjacent to an activating group) is 1. The van der Waals surface area contributed by atoms with E-state index >= 15 is 0 Å². The van der Waals surface area contributed by atoms with Crippen LogP contribution in [-0.2, 0) is 26.2 Å². The van der Waals surface area contributed by atoms with E-state index in [0.717, 1.165) is 21.5 Å². The van der Waals surface area contributed by atoms with Gasteiger partial charge in [-0.05, 0) is 57.5 Å². The van der Waals surface area contributed by atoms with Crippen LogP contribution in [0.5, 0.6) is 5.75 Å². The zero-order valence-corrected chi connectivity index (χ0v) is 25.5. The van der Waals surface area contributed by atoms with Crippen LogP contribution < -0.4 is 14.4 Å². The Kier molecular flexibility index (Phi) is 10.5. The predicted octanol–water partition coefficient (Wildman–Crippen LogP) is 4.62. The normalized spacial score (nSPS) is 11.9. The van der Waals surface area contributed by atoms with Crippen molar-refractivity contribution in [1.29, 1.82) is 0 Å². The maximum absolute atomic E-state index is 14.1. The van der Waals surface area contributed by atoms with Gasteiger partial charge in [0.1, 0.15) is 18.3 Å². The Bertz CT molecular complexity index is 1600. The zero-order chi connectivity index (χ0) is 31.2. The average molecular weight is 617 g/mol. The Labute approximate surface area is 250 Å². The number of nitrogens with one attached hydrogen (secondary N) is 1. The van der Waals surface area contributed by atoms with E-state index in [1.54, 1.807) is 19.9 Å². The fourth-order valence-corrected chi connectivity index (χ4v) is 5.96. The number of hydrogen-bond donors (Lipinski definition) is 1. The van der Waals surface area contributed by atoms with Gasteiger partial charge < -0.3 is 15.0 Å². The molecule has 0 saturated carbocycles. The second kappa shape index (κ2) is 13.7. The summed E-state index contributed by atoms with van der Waals surface area (Å²) in [4.78, 5) is 38.7. The Morgan fingerprint density at radius 1 is 1.10 bits per heavy atom. The van der Waals surface area contributed by atoms with Crippen LogP contribution in [0.4, 0.5) is 11.4 Å². The molecule has 3 aromatic rings. The summed E-state index contributed by atoms with van der Waals surface area (Å²) in [5.41, 5.74) is 1.50. The Morgan fingerprint density at radius 2 is 1.81 bits per heavy atom. The molecule has 0 bridgehead atoms. The number of amides is 2. The van der Waals surface area contributed by atoms with Crippen molar-refractivity contribution in [3.63, 3.8) is 0 Å². The molecule has 0 heterocycles. The SMILES string of the molecule is CCNC(=O)[C@H](C)N(Cc1cccc(C)c1)C(=O)CN(c1cc(Cl)ccc1OC)S(=O)(=O)c1ccc(C)c([N+](=O)[O-])c1. The molecule has 0 saturated heterocycles. The molecule has 224 valence electrons. The van der Waals surface area contributed by atoms with Gasteiger partial charge in [0.05, 0.1) is 22.6 Å². The van der Waals surface area contributed by atoms with Crippen molar-refractivity contribution in [3.05, 3.63) is 92.5 Å². The molecule has 0 aliphatic heterocycles. The van der Waals surface area contributed by atoms with E-state index in [1.165, 1.54) is 49.3 Å². The number of anilines is 1. The number of carbonyl (C=O) groups excluding carboxylic acids is 2. The van der Waals surface area contributed by atoms with Crippen LogP contribution in [0.3, 0.4) is 0 Å². The fourth-order valence-electron chi connectivity index (χ4n) is 4.36. The van der Waals surface area contributed by atoms with Crippen molar-refractivity contribution >= 4 is 44.8 Å². The highest BCUT2D eigenvalue weighted by molar-refractivity contribution is 7.92. The van der Waals surface area contributed by atoms with E-state index in [1.807, 2.05) is 25.1 Å². The third-order valence-electron chi connectivity index (χ3n) is 6.61. The number of rotatable bonds is 12. The molecular formula is C29H33ClN4O7S. The van der Waals surface area contributed by atoms with E-state index < -0.39 is 49.9 Å². The summed E-state index contributed by atoms with van der Waals surface area (Å²) in [6.07, 6.45) is 0. The van der Waals surface area contributed by atoms with Crippen LogP contribution >= 0.6 is 11.6 Å². The number of sulfonamides is 1. The number of nitrogens with zero attached hydrogens (tertiary/aromatic N) is 3. The highest BCUT2D eigenvalue weighted by Crippen LogP contribution is 2.36. The quantitative estimate of drug-likeness (QED) is 0.231. The maximum atomic E-state index is 14.1. The number of aryl methyl sites for hydroxylation is 2. The van der Waals surface area contributed by atoms with Crippen molar-refractivity contribution in [2.24, 2.45) is 0 Å². The number of nitro benzene ring substituents is 1. The second-order valence-corrected chi connectivity index (χ2v) is 11.9. The molecule has 0 radical (unpaired) electrons. The number of hydrogen-bond acceptors (Lipinski definition) is 7. The summed E-state index contributed by atoms with van der Waals surface area (Å²) in [5, 5.41) is 14.5. The van der Waals surface area contributed by atoms with Crippen molar-refractivity contribution < 1.29 is 27.7 Å². The van der Waals surface area contributed by atoms with Gasteiger partial charge in [-0.25, -0.2) is 8.42 Å². The standard InChI is InChI=1S/C29H33ClN4O7S/c1-6-31-29(36)21(4)32(17-22-9-7-8-19(2)14-22)28(35)18-33(26-15-23(30)11-13-27(26)41-5)42(39,40)24-12-10-20(3)25(16-24)34(37)38/h7-16,21H,6,17-18H2,1-5H3,(H,31,36)/t21-/m0/s1. The minimum absolute atomic E-state index is 0.0232. The Balaban J connectivity index is 2.17. The monoisotopic (exact) mass is 616 g/mol.